The molecule has 33 heavy (non-hydrogen) atoms. The van der Waals surface area contributed by atoms with E-state index in [2.05, 4.69) is 30.6 Å². The predicted octanol–water partition coefficient (Wildman–Crippen LogP) is 4.09. The fourth-order valence-electron chi connectivity index (χ4n) is 4.15. The van der Waals surface area contributed by atoms with Crippen LogP contribution in [0.5, 0.6) is 5.75 Å². The Morgan fingerprint density at radius 1 is 1.18 bits per heavy atom. The molecule has 2 aliphatic heterocycles. The lowest BCUT2D eigenvalue weighted by Gasteiger charge is -2.33. The lowest BCUT2D eigenvalue weighted by molar-refractivity contribution is 0.285. The van der Waals surface area contributed by atoms with Crippen LogP contribution >= 0.6 is 11.3 Å². The van der Waals surface area contributed by atoms with E-state index in [4.69, 9.17) is 4.74 Å². The summed E-state index contributed by atoms with van der Waals surface area (Å²) in [6, 6.07) is 1.23. The standard InChI is InChI=1S/C22H25F2N7OS/c1-12(2)31-7-8-32-19-14(23)9-16(27-20(19)31)18-15(24)10-26-21(29-18)30-22-28-17(11-33-22)13-3-5-25-6-4-13/h9-13,25H,3-8H2,1-2H3,(H,26,28,29,30). The minimum atomic E-state index is -0.685. The molecular formula is C22H25F2N7OS. The lowest BCUT2D eigenvalue weighted by Crippen LogP contribution is -2.39. The average Bonchev–Trinajstić information content (AvgIpc) is 3.29. The molecule has 2 aliphatic rings. The minimum absolute atomic E-state index is 0.0831. The van der Waals surface area contributed by atoms with Gasteiger partial charge in [0.05, 0.1) is 24.1 Å². The van der Waals surface area contributed by atoms with Crippen molar-refractivity contribution in [2.75, 3.05) is 36.5 Å². The highest BCUT2D eigenvalue weighted by Gasteiger charge is 2.27. The Balaban J connectivity index is 1.43. The molecule has 0 spiro atoms. The van der Waals surface area contributed by atoms with Crippen LogP contribution in [-0.2, 0) is 0 Å². The number of anilines is 3. The molecule has 1 fully saturated rings. The highest BCUT2D eigenvalue weighted by Crippen LogP contribution is 2.36. The number of fused-ring (bicyclic) bond motifs is 1. The summed E-state index contributed by atoms with van der Waals surface area (Å²) in [4.78, 5) is 19.4. The monoisotopic (exact) mass is 473 g/mol. The van der Waals surface area contributed by atoms with Crippen LogP contribution in [0.25, 0.3) is 11.4 Å². The summed E-state index contributed by atoms with van der Waals surface area (Å²) in [5, 5.41) is 9.06. The molecule has 0 unspecified atom stereocenters. The first-order chi connectivity index (χ1) is 16.0. The third kappa shape index (κ3) is 4.47. The maximum Gasteiger partial charge on any atom is 0.229 e. The number of ether oxygens (including phenoxy) is 1. The number of piperidine rings is 1. The molecule has 0 aromatic carbocycles. The molecule has 0 aliphatic carbocycles. The zero-order valence-electron chi connectivity index (χ0n) is 18.4. The van der Waals surface area contributed by atoms with Crippen LogP contribution in [0.15, 0.2) is 17.6 Å². The van der Waals surface area contributed by atoms with Gasteiger partial charge in [0.1, 0.15) is 12.3 Å². The molecule has 0 saturated carbocycles. The van der Waals surface area contributed by atoms with Crippen LogP contribution in [0.4, 0.5) is 25.7 Å². The van der Waals surface area contributed by atoms with Crippen LogP contribution in [0, 0.1) is 11.6 Å². The largest absolute Gasteiger partial charge is 0.485 e. The fourth-order valence-corrected chi connectivity index (χ4v) is 4.93. The normalized spacial score (nSPS) is 16.6. The summed E-state index contributed by atoms with van der Waals surface area (Å²) in [5.74, 6) is -0.245. The van der Waals surface area contributed by atoms with Gasteiger partial charge >= 0.3 is 0 Å². The molecule has 3 aromatic rings. The van der Waals surface area contributed by atoms with Crippen molar-refractivity contribution in [2.24, 2.45) is 0 Å². The summed E-state index contributed by atoms with van der Waals surface area (Å²) in [5.41, 5.74) is 1.04. The number of aromatic nitrogens is 4. The Hall–Kier alpha value is -2.92. The van der Waals surface area contributed by atoms with Gasteiger partial charge in [-0.15, -0.1) is 11.3 Å². The molecule has 0 atom stereocenters. The van der Waals surface area contributed by atoms with Crippen LogP contribution < -0.4 is 20.3 Å². The molecule has 174 valence electrons. The number of hydrogen-bond acceptors (Lipinski definition) is 9. The number of hydrogen-bond donors (Lipinski definition) is 2. The number of nitrogens with zero attached hydrogens (tertiary/aromatic N) is 5. The van der Waals surface area contributed by atoms with E-state index in [1.54, 1.807) is 0 Å². The fraction of sp³-hybridized carbons (Fsp3) is 0.455. The Bertz CT molecular complexity index is 1150. The van der Waals surface area contributed by atoms with Gasteiger partial charge in [-0.25, -0.2) is 28.7 Å². The Morgan fingerprint density at radius 3 is 2.79 bits per heavy atom. The third-order valence-corrected chi connectivity index (χ3v) is 6.64. The van der Waals surface area contributed by atoms with Crippen molar-refractivity contribution < 1.29 is 13.5 Å². The van der Waals surface area contributed by atoms with Gasteiger partial charge in [-0.1, -0.05) is 0 Å². The van der Waals surface area contributed by atoms with Gasteiger partial charge in [0.15, 0.2) is 28.3 Å². The number of pyridine rings is 1. The van der Waals surface area contributed by atoms with Crippen molar-refractivity contribution >= 4 is 28.2 Å². The van der Waals surface area contributed by atoms with Gasteiger partial charge in [-0.2, -0.15) is 0 Å². The third-order valence-electron chi connectivity index (χ3n) is 5.87. The second-order valence-corrected chi connectivity index (χ2v) is 9.25. The molecule has 5 rings (SSSR count). The van der Waals surface area contributed by atoms with Crippen molar-refractivity contribution in [1.82, 2.24) is 25.3 Å². The zero-order valence-corrected chi connectivity index (χ0v) is 19.3. The maximum atomic E-state index is 14.8. The SMILES string of the molecule is CC(C)N1CCOc2c(F)cc(-c3nc(Nc4nc(C5CCNCC5)cs4)ncc3F)nc21. The van der Waals surface area contributed by atoms with Gasteiger partial charge in [0.25, 0.3) is 0 Å². The Labute approximate surface area is 194 Å². The van der Waals surface area contributed by atoms with Crippen molar-refractivity contribution in [3.05, 3.63) is 35.0 Å². The van der Waals surface area contributed by atoms with E-state index in [0.717, 1.165) is 43.9 Å². The number of nitrogens with one attached hydrogen (secondary N) is 2. The molecule has 0 amide bonds. The van der Waals surface area contributed by atoms with E-state index in [1.807, 2.05) is 24.1 Å². The molecule has 0 radical (unpaired) electrons. The predicted molar refractivity (Wildman–Crippen MR) is 123 cm³/mol. The van der Waals surface area contributed by atoms with Crippen molar-refractivity contribution in [1.29, 1.82) is 0 Å². The van der Waals surface area contributed by atoms with Gasteiger partial charge in [-0.3, -0.25) is 0 Å². The molecule has 0 bridgehead atoms. The Kier molecular flexibility index (Phi) is 6.07. The quantitative estimate of drug-likeness (QED) is 0.573. The second kappa shape index (κ2) is 9.14. The molecule has 8 nitrogen and oxygen atoms in total. The van der Waals surface area contributed by atoms with E-state index >= 15 is 0 Å². The summed E-state index contributed by atoms with van der Waals surface area (Å²) < 4.78 is 35.0. The molecule has 2 N–H and O–H groups in total. The lowest BCUT2D eigenvalue weighted by atomic mass is 9.96. The van der Waals surface area contributed by atoms with Crippen LogP contribution in [-0.4, -0.2) is 52.2 Å². The van der Waals surface area contributed by atoms with Gasteiger partial charge < -0.3 is 20.3 Å². The van der Waals surface area contributed by atoms with E-state index in [1.165, 1.54) is 11.3 Å². The first-order valence-corrected chi connectivity index (χ1v) is 11.9. The van der Waals surface area contributed by atoms with Crippen molar-refractivity contribution in [2.45, 2.75) is 38.6 Å². The van der Waals surface area contributed by atoms with E-state index in [0.29, 0.717) is 30.0 Å². The first kappa shape index (κ1) is 21.9. The second-order valence-electron chi connectivity index (χ2n) is 8.39. The van der Waals surface area contributed by atoms with Gasteiger partial charge in [0, 0.05) is 23.4 Å². The zero-order chi connectivity index (χ0) is 22.9. The number of rotatable bonds is 5. The van der Waals surface area contributed by atoms with E-state index < -0.39 is 11.6 Å². The average molecular weight is 474 g/mol. The van der Waals surface area contributed by atoms with Crippen LogP contribution in [0.3, 0.4) is 0 Å². The molecular weight excluding hydrogens is 448 g/mol. The van der Waals surface area contributed by atoms with Gasteiger partial charge in [-0.05, 0) is 39.8 Å². The van der Waals surface area contributed by atoms with E-state index in [-0.39, 0.29) is 29.1 Å². The van der Waals surface area contributed by atoms with E-state index in [9.17, 15) is 8.78 Å². The van der Waals surface area contributed by atoms with Crippen molar-refractivity contribution in [3.63, 3.8) is 0 Å². The number of halogens is 2. The summed E-state index contributed by atoms with van der Waals surface area (Å²) in [6.45, 7) is 6.88. The minimum Gasteiger partial charge on any atom is -0.485 e. The molecule has 5 heterocycles. The summed E-state index contributed by atoms with van der Waals surface area (Å²) in [7, 11) is 0. The molecule has 11 heteroatoms. The first-order valence-electron chi connectivity index (χ1n) is 11.1. The van der Waals surface area contributed by atoms with Crippen LogP contribution in [0.1, 0.15) is 38.3 Å². The summed E-state index contributed by atoms with van der Waals surface area (Å²) >= 11 is 1.45. The highest BCUT2D eigenvalue weighted by atomic mass is 32.1. The molecule has 3 aromatic heterocycles. The maximum absolute atomic E-state index is 14.8. The van der Waals surface area contributed by atoms with Gasteiger partial charge in [0.2, 0.25) is 5.95 Å². The smallest absolute Gasteiger partial charge is 0.229 e. The number of thiazole rings is 1. The Morgan fingerprint density at radius 2 is 2.00 bits per heavy atom. The van der Waals surface area contributed by atoms with Crippen LogP contribution in [0.2, 0.25) is 0 Å². The topological polar surface area (TPSA) is 88.1 Å². The van der Waals surface area contributed by atoms with Crippen molar-refractivity contribution in [3.8, 4) is 17.1 Å². The summed E-state index contributed by atoms with van der Waals surface area (Å²) in [6.07, 6.45) is 3.15. The highest BCUT2D eigenvalue weighted by molar-refractivity contribution is 7.13. The molecule has 1 saturated heterocycles.